The van der Waals surface area contributed by atoms with Crippen molar-refractivity contribution in [3.63, 3.8) is 0 Å². The van der Waals surface area contributed by atoms with E-state index in [2.05, 4.69) is 69.6 Å². The molecule has 35 heavy (non-hydrogen) atoms. The Morgan fingerprint density at radius 2 is 1.66 bits per heavy atom. The normalized spacial score (nSPS) is 25.3. The summed E-state index contributed by atoms with van der Waals surface area (Å²) in [5.74, 6) is 3.16. The third kappa shape index (κ3) is 5.18. The fraction of sp³-hybridized carbons (Fsp3) is 0.690. The van der Waals surface area contributed by atoms with Crippen LogP contribution in [0, 0.1) is 12.8 Å². The van der Waals surface area contributed by atoms with Crippen molar-refractivity contribution in [2.75, 3.05) is 18.0 Å². The second-order valence-corrected chi connectivity index (χ2v) is 11.4. The molecule has 6 nitrogen and oxygen atoms in total. The maximum Gasteiger partial charge on any atom is 0.230 e. The first-order valence-electron chi connectivity index (χ1n) is 14.1. The third-order valence-corrected chi connectivity index (χ3v) is 8.72. The van der Waals surface area contributed by atoms with Crippen molar-refractivity contribution >= 4 is 11.6 Å². The van der Waals surface area contributed by atoms with Crippen LogP contribution >= 0.6 is 0 Å². The van der Waals surface area contributed by atoms with Gasteiger partial charge in [0.05, 0.1) is 0 Å². The van der Waals surface area contributed by atoms with Crippen molar-refractivity contribution in [2.24, 2.45) is 5.92 Å². The second kappa shape index (κ2) is 10.8. The van der Waals surface area contributed by atoms with Crippen LogP contribution in [0.3, 0.4) is 0 Å². The monoisotopic (exact) mass is 477 g/mol. The Bertz CT molecular complexity index is 966. The van der Waals surface area contributed by atoms with Gasteiger partial charge in [-0.2, -0.15) is 0 Å². The maximum atomic E-state index is 13.5. The van der Waals surface area contributed by atoms with Gasteiger partial charge in [0.25, 0.3) is 0 Å². The number of hydrogen-bond acceptors (Lipinski definition) is 4. The van der Waals surface area contributed by atoms with E-state index in [-0.39, 0.29) is 5.92 Å². The average Bonchev–Trinajstić information content (AvgIpc) is 3.38. The summed E-state index contributed by atoms with van der Waals surface area (Å²) in [5.41, 5.74) is 1.06. The highest BCUT2D eigenvalue weighted by molar-refractivity contribution is 5.95. The summed E-state index contributed by atoms with van der Waals surface area (Å²) in [5, 5.41) is 8.91. The molecule has 6 heteroatoms. The number of hydrogen-bond donors (Lipinski definition) is 0. The molecule has 1 aromatic carbocycles. The van der Waals surface area contributed by atoms with Gasteiger partial charge in [-0.3, -0.25) is 9.69 Å². The van der Waals surface area contributed by atoms with Crippen LogP contribution in [0.25, 0.3) is 0 Å². The summed E-state index contributed by atoms with van der Waals surface area (Å²) in [4.78, 5) is 18.4. The summed E-state index contributed by atoms with van der Waals surface area (Å²) in [6.45, 7) is 8.45. The second-order valence-electron chi connectivity index (χ2n) is 11.4. The number of piperidine rings is 1. The minimum atomic E-state index is 0.207. The maximum absolute atomic E-state index is 13.5. The van der Waals surface area contributed by atoms with Crippen molar-refractivity contribution in [3.8, 4) is 0 Å². The SMILES string of the molecule is Cc1nnc(C(C)C)n1C1C[C@H]2CC[C@@H](C1)N2CCCN(C(=O)C1CCCCC1)c1ccccc1. The molecule has 1 aromatic heterocycles. The Kier molecular flexibility index (Phi) is 7.56. The van der Waals surface area contributed by atoms with Gasteiger partial charge in [0, 0.05) is 48.7 Å². The van der Waals surface area contributed by atoms with E-state index in [1.807, 2.05) is 6.07 Å². The molecule has 5 rings (SSSR count). The van der Waals surface area contributed by atoms with Crippen molar-refractivity contribution in [3.05, 3.63) is 42.0 Å². The van der Waals surface area contributed by atoms with Crippen LogP contribution in [0.1, 0.15) is 102 Å². The van der Waals surface area contributed by atoms with Crippen LogP contribution in [0.2, 0.25) is 0 Å². The number of carbonyl (C=O) groups is 1. The summed E-state index contributed by atoms with van der Waals surface area (Å²) in [7, 11) is 0. The number of rotatable bonds is 8. The number of aryl methyl sites for hydroxylation is 1. The molecule has 1 aliphatic carbocycles. The van der Waals surface area contributed by atoms with Gasteiger partial charge in [0.2, 0.25) is 5.91 Å². The van der Waals surface area contributed by atoms with Crippen molar-refractivity contribution in [2.45, 2.75) is 109 Å². The first-order valence-corrected chi connectivity index (χ1v) is 14.1. The lowest BCUT2D eigenvalue weighted by atomic mass is 9.88. The van der Waals surface area contributed by atoms with Crippen molar-refractivity contribution in [1.82, 2.24) is 19.7 Å². The molecule has 190 valence electrons. The van der Waals surface area contributed by atoms with Gasteiger partial charge in [-0.25, -0.2) is 0 Å². The number of para-hydroxylation sites is 1. The van der Waals surface area contributed by atoms with E-state index in [1.165, 1.54) is 44.9 Å². The quantitative estimate of drug-likeness (QED) is 0.476. The highest BCUT2D eigenvalue weighted by atomic mass is 16.2. The van der Waals surface area contributed by atoms with Gasteiger partial charge < -0.3 is 9.47 Å². The standard InChI is InChI=1S/C29H43N5O/c1-21(2)28-31-30-22(3)34(28)27-19-25-15-16-26(20-27)32(25)17-10-18-33(24-13-8-5-9-14-24)29(35)23-11-6-4-7-12-23/h5,8-9,13-14,21,23,25-27H,4,6-7,10-12,15-20H2,1-3H3/t25-,26+,27?. The van der Waals surface area contributed by atoms with Crippen LogP contribution in [-0.2, 0) is 4.79 Å². The first kappa shape index (κ1) is 24.5. The zero-order chi connectivity index (χ0) is 24.4. The number of fused-ring (bicyclic) bond motifs is 2. The molecule has 3 atom stereocenters. The van der Waals surface area contributed by atoms with Crippen LogP contribution in [0.15, 0.2) is 30.3 Å². The van der Waals surface area contributed by atoms with Gasteiger partial charge in [-0.05, 0) is 64.0 Å². The zero-order valence-electron chi connectivity index (χ0n) is 21.9. The largest absolute Gasteiger partial charge is 0.312 e. The van der Waals surface area contributed by atoms with E-state index in [4.69, 9.17) is 0 Å². The first-order chi connectivity index (χ1) is 17.0. The molecule has 2 aliphatic heterocycles. The number of benzene rings is 1. The summed E-state index contributed by atoms with van der Waals surface area (Å²) in [6.07, 6.45) is 11.8. The summed E-state index contributed by atoms with van der Waals surface area (Å²) < 4.78 is 2.44. The molecular weight excluding hydrogens is 434 g/mol. The minimum absolute atomic E-state index is 0.207. The predicted molar refractivity (Wildman–Crippen MR) is 141 cm³/mol. The minimum Gasteiger partial charge on any atom is -0.312 e. The highest BCUT2D eigenvalue weighted by Crippen LogP contribution is 2.42. The molecular formula is C29H43N5O. The Labute approximate surface area is 211 Å². The lowest BCUT2D eigenvalue weighted by Gasteiger charge is -2.40. The fourth-order valence-electron chi connectivity index (χ4n) is 7.01. The Morgan fingerprint density at radius 3 is 2.31 bits per heavy atom. The van der Waals surface area contributed by atoms with Crippen molar-refractivity contribution in [1.29, 1.82) is 0 Å². The van der Waals surface area contributed by atoms with Crippen LogP contribution in [-0.4, -0.2) is 50.7 Å². The molecule has 0 N–H and O–H groups in total. The molecule has 3 heterocycles. The lowest BCUT2D eigenvalue weighted by Crippen LogP contribution is -2.45. The smallest absolute Gasteiger partial charge is 0.230 e. The van der Waals surface area contributed by atoms with Crippen LogP contribution < -0.4 is 4.90 Å². The summed E-state index contributed by atoms with van der Waals surface area (Å²) >= 11 is 0. The van der Waals surface area contributed by atoms with E-state index in [9.17, 15) is 4.79 Å². The van der Waals surface area contributed by atoms with Gasteiger partial charge in [0.15, 0.2) is 0 Å². The molecule has 2 aromatic rings. The average molecular weight is 478 g/mol. The number of carbonyl (C=O) groups excluding carboxylic acids is 1. The Hall–Kier alpha value is -2.21. The molecule has 3 aliphatic rings. The molecule has 1 saturated carbocycles. The zero-order valence-corrected chi connectivity index (χ0v) is 21.9. The van der Waals surface area contributed by atoms with Gasteiger partial charge in [-0.1, -0.05) is 51.3 Å². The fourth-order valence-corrected chi connectivity index (χ4v) is 7.01. The van der Waals surface area contributed by atoms with Gasteiger partial charge in [0.1, 0.15) is 11.6 Å². The molecule has 0 radical (unpaired) electrons. The number of nitrogens with zero attached hydrogens (tertiary/aromatic N) is 5. The molecule has 3 fully saturated rings. The number of aromatic nitrogens is 3. The topological polar surface area (TPSA) is 54.3 Å². The molecule has 1 amide bonds. The third-order valence-electron chi connectivity index (χ3n) is 8.72. The Morgan fingerprint density at radius 1 is 0.971 bits per heavy atom. The summed E-state index contributed by atoms with van der Waals surface area (Å²) in [6, 6.07) is 12.1. The lowest BCUT2D eigenvalue weighted by molar-refractivity contribution is -0.123. The predicted octanol–water partition coefficient (Wildman–Crippen LogP) is 5.88. The van der Waals surface area contributed by atoms with E-state index < -0.39 is 0 Å². The van der Waals surface area contributed by atoms with E-state index in [0.29, 0.717) is 30.0 Å². The molecule has 2 saturated heterocycles. The number of amides is 1. The van der Waals surface area contributed by atoms with E-state index in [1.54, 1.807) is 0 Å². The van der Waals surface area contributed by atoms with Crippen LogP contribution in [0.4, 0.5) is 5.69 Å². The van der Waals surface area contributed by atoms with Crippen molar-refractivity contribution < 1.29 is 4.79 Å². The van der Waals surface area contributed by atoms with E-state index in [0.717, 1.165) is 49.7 Å². The molecule has 1 unspecified atom stereocenters. The molecule has 0 spiro atoms. The highest BCUT2D eigenvalue weighted by Gasteiger charge is 2.42. The van der Waals surface area contributed by atoms with E-state index >= 15 is 0 Å². The molecule has 2 bridgehead atoms. The van der Waals surface area contributed by atoms with Gasteiger partial charge in [-0.15, -0.1) is 10.2 Å². The Balaban J connectivity index is 1.22. The number of anilines is 1. The van der Waals surface area contributed by atoms with Crippen LogP contribution in [0.5, 0.6) is 0 Å². The van der Waals surface area contributed by atoms with Gasteiger partial charge >= 0.3 is 0 Å².